The molecule has 1 unspecified atom stereocenters. The summed E-state index contributed by atoms with van der Waals surface area (Å²) in [5.41, 5.74) is 0. The number of nitrogens with two attached hydrogens (primary N) is 1. The molecule has 0 aliphatic rings. The van der Waals surface area contributed by atoms with E-state index >= 15 is 0 Å². The first-order valence-electron chi connectivity index (χ1n) is 4.51. The van der Waals surface area contributed by atoms with E-state index in [1.807, 2.05) is 11.6 Å². The minimum Gasteiger partial charge on any atom is -0.481 e. The zero-order valence-corrected chi connectivity index (χ0v) is 10.6. The molecule has 4 N–H and O–H groups in total. The predicted octanol–water partition coefficient (Wildman–Crippen LogP) is -0.197. The van der Waals surface area contributed by atoms with Crippen molar-refractivity contribution in [1.29, 1.82) is 0 Å². The minimum atomic E-state index is -3.91. The van der Waals surface area contributed by atoms with Crippen LogP contribution in [0.3, 0.4) is 0 Å². The Hall–Kier alpha value is -0.305. The molecule has 0 aromatic heterocycles. The molecule has 2 radical (unpaired) electrons. The highest BCUT2D eigenvalue weighted by molar-refractivity contribution is 7.87. The molecule has 0 aromatic carbocycles. The van der Waals surface area contributed by atoms with E-state index in [2.05, 4.69) is 5.14 Å². The van der Waals surface area contributed by atoms with E-state index in [-0.39, 0.29) is 18.8 Å². The van der Waals surface area contributed by atoms with Crippen LogP contribution in [0.1, 0.15) is 26.2 Å². The monoisotopic (exact) mass is 270 g/mol. The van der Waals surface area contributed by atoms with Gasteiger partial charge >= 0.3 is 5.97 Å². The molecule has 9 heteroatoms. The lowest BCUT2D eigenvalue weighted by atomic mass is 9.66. The summed E-state index contributed by atoms with van der Waals surface area (Å²) < 4.78 is 23.1. The average Bonchev–Trinajstić information content (AvgIpc) is 2.10. The second-order valence-corrected chi connectivity index (χ2v) is 4.81. The summed E-state index contributed by atoms with van der Waals surface area (Å²) in [5.74, 6) is -1.24. The zero-order valence-electron chi connectivity index (χ0n) is 8.97. The maximum absolute atomic E-state index is 10.8. The molecular formula is C7H16BClN2O4S. The molecule has 0 aliphatic heterocycles. The number of hydrogen-bond donors (Lipinski definition) is 3. The van der Waals surface area contributed by atoms with Gasteiger partial charge in [-0.1, -0.05) is 19.8 Å². The van der Waals surface area contributed by atoms with Gasteiger partial charge in [0.15, 0.2) is 0 Å². The summed E-state index contributed by atoms with van der Waals surface area (Å²) in [6, 6.07) is 0. The van der Waals surface area contributed by atoms with E-state index in [4.69, 9.17) is 13.0 Å². The van der Waals surface area contributed by atoms with Crippen molar-refractivity contribution in [2.75, 3.05) is 6.54 Å². The molecule has 0 bridgehead atoms. The molecule has 1 atom stereocenters. The molecule has 0 saturated heterocycles. The lowest BCUT2D eigenvalue weighted by molar-refractivity contribution is -0.140. The highest BCUT2D eigenvalue weighted by atomic mass is 35.5. The number of nitrogens with one attached hydrogen (secondary N) is 1. The van der Waals surface area contributed by atoms with E-state index in [1.165, 1.54) is 0 Å². The molecule has 0 aliphatic carbocycles. The minimum absolute atomic E-state index is 0. The van der Waals surface area contributed by atoms with Crippen LogP contribution in [0.2, 0.25) is 5.31 Å². The van der Waals surface area contributed by atoms with Crippen LogP contribution in [0.25, 0.3) is 0 Å². The molecule has 0 amide bonds. The Morgan fingerprint density at radius 1 is 1.56 bits per heavy atom. The Morgan fingerprint density at radius 2 is 2.06 bits per heavy atom. The third-order valence-electron chi connectivity index (χ3n) is 1.99. The van der Waals surface area contributed by atoms with Gasteiger partial charge in [0.25, 0.3) is 10.2 Å². The second-order valence-electron chi connectivity index (χ2n) is 3.43. The van der Waals surface area contributed by atoms with Gasteiger partial charge in [-0.05, 0) is 6.42 Å². The number of carboxylic acids is 1. The van der Waals surface area contributed by atoms with Crippen molar-refractivity contribution < 1.29 is 18.3 Å². The van der Waals surface area contributed by atoms with Crippen LogP contribution < -0.4 is 9.86 Å². The molecule has 0 spiro atoms. The van der Waals surface area contributed by atoms with E-state index in [0.29, 0.717) is 6.42 Å². The van der Waals surface area contributed by atoms with Gasteiger partial charge in [0.05, 0.1) is 7.85 Å². The van der Waals surface area contributed by atoms with Crippen LogP contribution >= 0.6 is 12.4 Å². The van der Waals surface area contributed by atoms with Crippen molar-refractivity contribution in [3.63, 3.8) is 0 Å². The molecule has 0 heterocycles. The van der Waals surface area contributed by atoms with Crippen LogP contribution in [0.4, 0.5) is 0 Å². The van der Waals surface area contributed by atoms with Gasteiger partial charge in [-0.2, -0.15) is 8.42 Å². The number of hydrogen-bond acceptors (Lipinski definition) is 3. The lowest BCUT2D eigenvalue weighted by Gasteiger charge is -2.24. The molecule has 94 valence electrons. The van der Waals surface area contributed by atoms with Gasteiger partial charge in [-0.3, -0.25) is 4.79 Å². The van der Waals surface area contributed by atoms with E-state index in [9.17, 15) is 13.2 Å². The Kier molecular flexibility index (Phi) is 8.02. The predicted molar refractivity (Wildman–Crippen MR) is 64.0 cm³/mol. The van der Waals surface area contributed by atoms with Crippen LogP contribution in [0.15, 0.2) is 0 Å². The standard InChI is InChI=1S/C7H15BN2O4S.ClH/c1-2-3-4-7(8,6(11)12)5-10-15(9,13)14;/h10H,2-5H2,1H3,(H,11,12)(H2,9,13,14);1H. The van der Waals surface area contributed by atoms with E-state index in [1.54, 1.807) is 0 Å². The maximum atomic E-state index is 10.8. The van der Waals surface area contributed by atoms with Gasteiger partial charge in [0.2, 0.25) is 0 Å². The fourth-order valence-electron chi connectivity index (χ4n) is 0.993. The van der Waals surface area contributed by atoms with Crippen LogP contribution in [0.5, 0.6) is 0 Å². The Labute approximate surface area is 103 Å². The number of unbranched alkanes of at least 4 members (excludes halogenated alkanes) is 1. The Bertz CT molecular complexity index is 324. The molecule has 0 fully saturated rings. The van der Waals surface area contributed by atoms with E-state index < -0.39 is 28.0 Å². The first-order valence-corrected chi connectivity index (χ1v) is 6.05. The Balaban J connectivity index is 0. The van der Waals surface area contributed by atoms with Gasteiger partial charge in [0.1, 0.15) is 0 Å². The fourth-order valence-corrected chi connectivity index (χ4v) is 1.45. The van der Waals surface area contributed by atoms with Gasteiger partial charge in [-0.25, -0.2) is 9.86 Å². The topological polar surface area (TPSA) is 109 Å². The molecular weight excluding hydrogens is 254 g/mol. The number of carboxylic acid groups (broad SMARTS) is 1. The summed E-state index contributed by atoms with van der Waals surface area (Å²) >= 11 is 0. The first-order chi connectivity index (χ1) is 6.71. The zero-order chi connectivity index (χ0) is 12.1. The molecule has 16 heavy (non-hydrogen) atoms. The van der Waals surface area contributed by atoms with Gasteiger partial charge in [-0.15, -0.1) is 12.4 Å². The highest BCUT2D eigenvalue weighted by Crippen LogP contribution is 2.28. The van der Waals surface area contributed by atoms with Gasteiger partial charge in [0, 0.05) is 11.9 Å². The summed E-state index contributed by atoms with van der Waals surface area (Å²) in [4.78, 5) is 10.8. The van der Waals surface area contributed by atoms with Crippen molar-refractivity contribution in [3.8, 4) is 0 Å². The smallest absolute Gasteiger partial charge is 0.301 e. The number of aliphatic carboxylic acids is 1. The molecule has 0 rings (SSSR count). The average molecular weight is 271 g/mol. The van der Waals surface area contributed by atoms with Crippen molar-refractivity contribution >= 4 is 36.4 Å². The third-order valence-corrected chi connectivity index (χ3v) is 2.54. The summed E-state index contributed by atoms with van der Waals surface area (Å²) in [7, 11) is 1.64. The number of rotatable bonds is 7. The van der Waals surface area contributed by atoms with Crippen molar-refractivity contribution in [1.82, 2.24) is 4.72 Å². The quantitative estimate of drug-likeness (QED) is 0.557. The first kappa shape index (κ1) is 18.1. The van der Waals surface area contributed by atoms with Crippen molar-refractivity contribution in [3.05, 3.63) is 0 Å². The SMILES string of the molecule is Cl.[B]C(CCCC)(CNS(N)(=O)=O)C(=O)O. The summed E-state index contributed by atoms with van der Waals surface area (Å²) in [6.45, 7) is 1.48. The summed E-state index contributed by atoms with van der Waals surface area (Å²) in [6.07, 6.45) is 1.58. The molecule has 0 saturated carbocycles. The maximum Gasteiger partial charge on any atom is 0.301 e. The molecule has 0 aromatic rings. The Morgan fingerprint density at radius 3 is 2.38 bits per heavy atom. The highest BCUT2D eigenvalue weighted by Gasteiger charge is 2.32. The fraction of sp³-hybridized carbons (Fsp3) is 0.857. The number of carbonyl (C=O) groups is 1. The normalized spacial score (nSPS) is 14.9. The third kappa shape index (κ3) is 7.05. The number of halogens is 1. The van der Waals surface area contributed by atoms with Crippen molar-refractivity contribution in [2.45, 2.75) is 31.5 Å². The van der Waals surface area contributed by atoms with Crippen LogP contribution in [-0.4, -0.2) is 33.9 Å². The lowest BCUT2D eigenvalue weighted by Crippen LogP contribution is -2.41. The van der Waals surface area contributed by atoms with Gasteiger partial charge < -0.3 is 5.11 Å². The van der Waals surface area contributed by atoms with Crippen LogP contribution in [-0.2, 0) is 15.0 Å². The van der Waals surface area contributed by atoms with E-state index in [0.717, 1.165) is 6.42 Å². The van der Waals surface area contributed by atoms with Crippen LogP contribution in [0, 0.1) is 0 Å². The van der Waals surface area contributed by atoms with Crippen molar-refractivity contribution in [2.24, 2.45) is 5.14 Å². The largest absolute Gasteiger partial charge is 0.481 e. The molecule has 6 nitrogen and oxygen atoms in total. The summed E-state index contributed by atoms with van der Waals surface area (Å²) in [5, 5.41) is 11.9. The second kappa shape index (κ2) is 7.11.